The maximum absolute atomic E-state index is 13.8. The van der Waals surface area contributed by atoms with Crippen molar-refractivity contribution in [3.8, 4) is 11.3 Å². The van der Waals surface area contributed by atoms with E-state index < -0.39 is 9.84 Å². The molecule has 9 heteroatoms. The summed E-state index contributed by atoms with van der Waals surface area (Å²) in [7, 11) is -3.09. The molecule has 0 saturated carbocycles. The van der Waals surface area contributed by atoms with Crippen LogP contribution in [0, 0.1) is 13.8 Å². The van der Waals surface area contributed by atoms with E-state index in [1.165, 1.54) is 0 Å². The molecule has 8 nitrogen and oxygen atoms in total. The molecule has 1 aromatic carbocycles. The highest BCUT2D eigenvalue weighted by molar-refractivity contribution is 7.91. The van der Waals surface area contributed by atoms with Gasteiger partial charge in [0, 0.05) is 31.7 Å². The number of carbonyl (C=O) groups is 1. The van der Waals surface area contributed by atoms with E-state index in [1.807, 2.05) is 49.1 Å². The third kappa shape index (κ3) is 4.22. The Kier molecular flexibility index (Phi) is 5.93. The van der Waals surface area contributed by atoms with Crippen LogP contribution in [0.25, 0.3) is 22.3 Å². The second kappa shape index (κ2) is 8.78. The lowest BCUT2D eigenvalue weighted by Crippen LogP contribution is -2.48. The van der Waals surface area contributed by atoms with Crippen LogP contribution in [0.4, 0.5) is 0 Å². The van der Waals surface area contributed by atoms with Crippen LogP contribution < -0.4 is 0 Å². The predicted octanol–water partition coefficient (Wildman–Crippen LogP) is 2.85. The molecular formula is C25H31N5O3S. The number of hydrogen-bond acceptors (Lipinski definition) is 6. The Morgan fingerprint density at radius 1 is 1.09 bits per heavy atom. The van der Waals surface area contributed by atoms with E-state index in [0.29, 0.717) is 42.1 Å². The zero-order valence-corrected chi connectivity index (χ0v) is 20.8. The van der Waals surface area contributed by atoms with Crippen molar-refractivity contribution in [1.82, 2.24) is 24.6 Å². The largest absolute Gasteiger partial charge is 0.336 e. The van der Waals surface area contributed by atoms with Crippen molar-refractivity contribution in [2.75, 3.05) is 44.2 Å². The zero-order chi connectivity index (χ0) is 24.0. The maximum Gasteiger partial charge on any atom is 0.254 e. The molecule has 2 aliphatic heterocycles. The molecule has 2 aromatic heterocycles. The molecule has 1 atom stereocenters. The van der Waals surface area contributed by atoms with Crippen molar-refractivity contribution in [1.29, 1.82) is 0 Å². The number of hydrogen-bond donors (Lipinski definition) is 0. The van der Waals surface area contributed by atoms with Gasteiger partial charge in [-0.1, -0.05) is 36.8 Å². The molecule has 5 rings (SSSR count). The van der Waals surface area contributed by atoms with Crippen molar-refractivity contribution in [2.24, 2.45) is 0 Å². The van der Waals surface area contributed by atoms with Gasteiger partial charge in [-0.15, -0.1) is 0 Å². The quantitative estimate of drug-likeness (QED) is 0.569. The van der Waals surface area contributed by atoms with Gasteiger partial charge in [0.25, 0.3) is 5.91 Å². The summed E-state index contributed by atoms with van der Waals surface area (Å²) >= 11 is 0. The third-order valence-electron chi connectivity index (χ3n) is 7.08. The monoisotopic (exact) mass is 481 g/mol. The molecule has 4 heterocycles. The molecule has 0 bridgehead atoms. The molecule has 1 unspecified atom stereocenters. The molecule has 0 aliphatic carbocycles. The number of likely N-dealkylation sites (N-methyl/N-ethyl adjacent to an activating group) is 1. The van der Waals surface area contributed by atoms with Crippen LogP contribution in [0.2, 0.25) is 0 Å². The van der Waals surface area contributed by atoms with Gasteiger partial charge in [-0.05, 0) is 32.9 Å². The molecule has 2 aliphatic rings. The predicted molar refractivity (Wildman–Crippen MR) is 133 cm³/mol. The van der Waals surface area contributed by atoms with Gasteiger partial charge in [-0.25, -0.2) is 18.1 Å². The fourth-order valence-corrected chi connectivity index (χ4v) is 6.71. The maximum atomic E-state index is 13.8. The van der Waals surface area contributed by atoms with Gasteiger partial charge in [-0.2, -0.15) is 5.10 Å². The minimum absolute atomic E-state index is 0.0155. The van der Waals surface area contributed by atoms with E-state index in [0.717, 1.165) is 36.1 Å². The summed E-state index contributed by atoms with van der Waals surface area (Å²) in [5.41, 5.74) is 4.65. The summed E-state index contributed by atoms with van der Waals surface area (Å²) in [6.45, 7) is 10.1. The van der Waals surface area contributed by atoms with Gasteiger partial charge in [-0.3, -0.25) is 4.79 Å². The van der Waals surface area contributed by atoms with Gasteiger partial charge in [0.1, 0.15) is 0 Å². The van der Waals surface area contributed by atoms with Gasteiger partial charge < -0.3 is 9.80 Å². The van der Waals surface area contributed by atoms with E-state index >= 15 is 0 Å². The number of amides is 1. The Balaban J connectivity index is 1.64. The number of aromatic nitrogens is 3. The van der Waals surface area contributed by atoms with Crippen LogP contribution in [-0.2, 0) is 9.84 Å². The summed E-state index contributed by atoms with van der Waals surface area (Å²) in [5.74, 6) is 0.198. The molecule has 0 radical (unpaired) electrons. The van der Waals surface area contributed by atoms with Crippen molar-refractivity contribution < 1.29 is 13.2 Å². The molecule has 180 valence electrons. The summed E-state index contributed by atoms with van der Waals surface area (Å²) < 4.78 is 26.1. The second-order valence-electron chi connectivity index (χ2n) is 9.43. The van der Waals surface area contributed by atoms with E-state index in [2.05, 4.69) is 11.8 Å². The molecule has 1 amide bonds. The fraction of sp³-hybridized carbons (Fsp3) is 0.480. The highest BCUT2D eigenvalue weighted by Crippen LogP contribution is 2.32. The Morgan fingerprint density at radius 2 is 1.79 bits per heavy atom. The molecule has 0 N–H and O–H groups in total. The lowest BCUT2D eigenvalue weighted by Gasteiger charge is -2.34. The molecular weight excluding hydrogens is 450 g/mol. The number of carbonyl (C=O) groups excluding carboxylic acids is 1. The fourth-order valence-electron chi connectivity index (χ4n) is 5.01. The lowest BCUT2D eigenvalue weighted by atomic mass is 10.0. The van der Waals surface area contributed by atoms with Crippen LogP contribution in [0.3, 0.4) is 0 Å². The molecule has 0 spiro atoms. The molecule has 2 fully saturated rings. The van der Waals surface area contributed by atoms with Crippen LogP contribution in [-0.4, -0.2) is 83.1 Å². The first-order chi connectivity index (χ1) is 16.3. The van der Waals surface area contributed by atoms with Crippen LogP contribution in [0.15, 0.2) is 30.3 Å². The summed E-state index contributed by atoms with van der Waals surface area (Å²) in [5, 5.41) is 5.44. The summed E-state index contributed by atoms with van der Waals surface area (Å²) in [6.07, 6.45) is 0.511. The van der Waals surface area contributed by atoms with Gasteiger partial charge in [0.2, 0.25) is 0 Å². The van der Waals surface area contributed by atoms with E-state index in [-0.39, 0.29) is 23.5 Å². The summed E-state index contributed by atoms with van der Waals surface area (Å²) in [4.78, 5) is 23.0. The normalized spacial score (nSPS) is 20.8. The van der Waals surface area contributed by atoms with Crippen molar-refractivity contribution in [2.45, 2.75) is 33.2 Å². The minimum atomic E-state index is -3.09. The first kappa shape index (κ1) is 23.0. The van der Waals surface area contributed by atoms with E-state index in [4.69, 9.17) is 10.1 Å². The average molecular weight is 482 g/mol. The number of rotatable bonds is 4. The Hall–Kier alpha value is -2.78. The van der Waals surface area contributed by atoms with Gasteiger partial charge >= 0.3 is 0 Å². The highest BCUT2D eigenvalue weighted by Gasteiger charge is 2.33. The standard InChI is InChI=1S/C25H31N5O3S/c1-4-28-10-12-29(13-11-28)25(31)21-15-22(19-7-5-17(2)6-8-19)26-24-23(21)18(3)27-30(24)20-9-14-34(32,33)16-20/h5-8,15,20H,4,9-14,16H2,1-3H3. The molecule has 34 heavy (non-hydrogen) atoms. The topological polar surface area (TPSA) is 88.4 Å². The van der Waals surface area contributed by atoms with Crippen molar-refractivity contribution in [3.05, 3.63) is 47.2 Å². The number of aryl methyl sites for hydroxylation is 2. The third-order valence-corrected chi connectivity index (χ3v) is 8.83. The van der Waals surface area contributed by atoms with Crippen LogP contribution in [0.5, 0.6) is 0 Å². The van der Waals surface area contributed by atoms with Gasteiger partial charge in [0.05, 0.1) is 39.9 Å². The van der Waals surface area contributed by atoms with E-state index in [9.17, 15) is 13.2 Å². The SMILES string of the molecule is CCN1CCN(C(=O)c2cc(-c3ccc(C)cc3)nc3c2c(C)nn3C2CCS(=O)(=O)C2)CC1. The van der Waals surface area contributed by atoms with Crippen LogP contribution in [0.1, 0.15) is 41.0 Å². The minimum Gasteiger partial charge on any atom is -0.336 e. The number of benzene rings is 1. The molecule has 3 aromatic rings. The molecule has 2 saturated heterocycles. The van der Waals surface area contributed by atoms with Crippen molar-refractivity contribution in [3.63, 3.8) is 0 Å². The highest BCUT2D eigenvalue weighted by atomic mass is 32.2. The number of pyridine rings is 1. The first-order valence-electron chi connectivity index (χ1n) is 11.9. The lowest BCUT2D eigenvalue weighted by molar-refractivity contribution is 0.0645. The van der Waals surface area contributed by atoms with Crippen LogP contribution >= 0.6 is 0 Å². The Morgan fingerprint density at radius 3 is 2.41 bits per heavy atom. The number of fused-ring (bicyclic) bond motifs is 1. The van der Waals surface area contributed by atoms with Gasteiger partial charge in [0.15, 0.2) is 15.5 Å². The number of piperazine rings is 1. The smallest absolute Gasteiger partial charge is 0.254 e. The van der Waals surface area contributed by atoms with Crippen molar-refractivity contribution >= 4 is 26.8 Å². The Labute approximate surface area is 200 Å². The number of nitrogens with zero attached hydrogens (tertiary/aromatic N) is 5. The second-order valence-corrected chi connectivity index (χ2v) is 11.7. The average Bonchev–Trinajstić information content (AvgIpc) is 3.37. The summed E-state index contributed by atoms with van der Waals surface area (Å²) in [6, 6.07) is 9.68. The zero-order valence-electron chi connectivity index (χ0n) is 20.0. The number of sulfone groups is 1. The van der Waals surface area contributed by atoms with E-state index in [1.54, 1.807) is 4.68 Å². The Bertz CT molecular complexity index is 1340. The first-order valence-corrected chi connectivity index (χ1v) is 13.8.